The van der Waals surface area contributed by atoms with E-state index in [0.717, 1.165) is 24.5 Å². The number of halogens is 2. The maximum atomic E-state index is 13.6. The molecule has 0 bridgehead atoms. The maximum Gasteiger partial charge on any atom is 0.191 e. The van der Waals surface area contributed by atoms with Crippen LogP contribution in [0.5, 0.6) is 5.75 Å². The van der Waals surface area contributed by atoms with E-state index in [-0.39, 0.29) is 35.5 Å². The Balaban J connectivity index is 0.00000400. The molecule has 0 heterocycles. The van der Waals surface area contributed by atoms with Crippen LogP contribution in [-0.4, -0.2) is 25.7 Å². The summed E-state index contributed by atoms with van der Waals surface area (Å²) in [6.07, 6.45) is 1.02. The highest BCUT2D eigenvalue weighted by atomic mass is 127. The second-order valence-electron chi connectivity index (χ2n) is 4.62. The van der Waals surface area contributed by atoms with Crippen LogP contribution in [0.25, 0.3) is 0 Å². The van der Waals surface area contributed by atoms with Crippen molar-refractivity contribution < 1.29 is 9.13 Å². The Morgan fingerprint density at radius 2 is 2.10 bits per heavy atom. The quantitative estimate of drug-likeness (QED) is 0.431. The Morgan fingerprint density at radius 3 is 2.62 bits per heavy atom. The molecule has 2 N–H and O–H groups in total. The molecule has 0 aliphatic rings. The molecule has 0 amide bonds. The van der Waals surface area contributed by atoms with E-state index >= 15 is 0 Å². The second-order valence-corrected chi connectivity index (χ2v) is 4.62. The summed E-state index contributed by atoms with van der Waals surface area (Å²) < 4.78 is 18.5. The molecule has 1 aromatic carbocycles. The number of guanidine groups is 1. The minimum absolute atomic E-state index is 0. The third-order valence-electron chi connectivity index (χ3n) is 2.98. The van der Waals surface area contributed by atoms with E-state index in [9.17, 15) is 4.39 Å². The molecule has 1 unspecified atom stereocenters. The molecule has 1 rings (SSSR count). The summed E-state index contributed by atoms with van der Waals surface area (Å²) in [5.41, 5.74) is 0.810. The Morgan fingerprint density at radius 1 is 1.38 bits per heavy atom. The normalized spacial score (nSPS) is 12.3. The number of nitrogens with one attached hydrogen (secondary N) is 2. The van der Waals surface area contributed by atoms with Crippen LogP contribution in [0.3, 0.4) is 0 Å². The molecule has 21 heavy (non-hydrogen) atoms. The first kappa shape index (κ1) is 19.9. The number of aliphatic imine (C=N–C) groups is 1. The molecule has 0 aromatic heterocycles. The predicted molar refractivity (Wildman–Crippen MR) is 96.1 cm³/mol. The SMILES string of the molecule is CCNC(=NCc1ccc(OC)c(F)c1)NC(C)CC.I. The van der Waals surface area contributed by atoms with Crippen molar-refractivity contribution in [3.05, 3.63) is 29.6 Å². The monoisotopic (exact) mass is 409 g/mol. The van der Waals surface area contributed by atoms with Crippen LogP contribution in [-0.2, 0) is 6.54 Å². The van der Waals surface area contributed by atoms with Crippen LogP contribution < -0.4 is 15.4 Å². The van der Waals surface area contributed by atoms with Gasteiger partial charge in [-0.1, -0.05) is 13.0 Å². The van der Waals surface area contributed by atoms with Crippen molar-refractivity contribution in [1.29, 1.82) is 0 Å². The molecular weight excluding hydrogens is 384 g/mol. The Kier molecular flexibility index (Phi) is 10.1. The van der Waals surface area contributed by atoms with Gasteiger partial charge in [0.15, 0.2) is 17.5 Å². The average Bonchev–Trinajstić information content (AvgIpc) is 2.45. The molecule has 0 saturated carbocycles. The van der Waals surface area contributed by atoms with E-state index in [2.05, 4.69) is 29.5 Å². The summed E-state index contributed by atoms with van der Waals surface area (Å²) in [5.74, 6) is 0.639. The fourth-order valence-corrected chi connectivity index (χ4v) is 1.63. The number of rotatable bonds is 6. The first-order valence-electron chi connectivity index (χ1n) is 6.97. The molecule has 0 radical (unpaired) electrons. The first-order valence-corrected chi connectivity index (χ1v) is 6.97. The Bertz CT molecular complexity index is 455. The van der Waals surface area contributed by atoms with Crippen LogP contribution >= 0.6 is 24.0 Å². The minimum atomic E-state index is -0.361. The van der Waals surface area contributed by atoms with Crippen LogP contribution in [0.2, 0.25) is 0 Å². The van der Waals surface area contributed by atoms with Crippen LogP contribution in [0.15, 0.2) is 23.2 Å². The first-order chi connectivity index (χ1) is 9.60. The van der Waals surface area contributed by atoms with Crippen molar-refractivity contribution in [2.75, 3.05) is 13.7 Å². The van der Waals surface area contributed by atoms with Gasteiger partial charge in [-0.2, -0.15) is 0 Å². The second kappa shape index (κ2) is 10.6. The van der Waals surface area contributed by atoms with Crippen molar-refractivity contribution in [3.8, 4) is 5.75 Å². The summed E-state index contributed by atoms with van der Waals surface area (Å²) in [6, 6.07) is 5.24. The van der Waals surface area contributed by atoms with Gasteiger partial charge >= 0.3 is 0 Å². The predicted octanol–water partition coefficient (Wildman–Crippen LogP) is 3.31. The number of methoxy groups -OCH3 is 1. The minimum Gasteiger partial charge on any atom is -0.494 e. The van der Waals surface area contributed by atoms with Crippen LogP contribution in [0.4, 0.5) is 4.39 Å². The molecule has 120 valence electrons. The summed E-state index contributed by atoms with van der Waals surface area (Å²) in [7, 11) is 1.45. The third kappa shape index (κ3) is 6.97. The average molecular weight is 409 g/mol. The molecule has 0 saturated heterocycles. The highest BCUT2D eigenvalue weighted by Crippen LogP contribution is 2.17. The lowest BCUT2D eigenvalue weighted by Gasteiger charge is -2.16. The van der Waals surface area contributed by atoms with E-state index in [1.54, 1.807) is 6.07 Å². The van der Waals surface area contributed by atoms with Gasteiger partial charge in [0.05, 0.1) is 13.7 Å². The lowest BCUT2D eigenvalue weighted by Crippen LogP contribution is -2.41. The summed E-state index contributed by atoms with van der Waals surface area (Å²) in [6.45, 7) is 7.44. The van der Waals surface area contributed by atoms with Crippen molar-refractivity contribution in [3.63, 3.8) is 0 Å². The van der Waals surface area contributed by atoms with Gasteiger partial charge in [0.1, 0.15) is 0 Å². The largest absolute Gasteiger partial charge is 0.494 e. The smallest absolute Gasteiger partial charge is 0.191 e. The molecule has 0 aliphatic carbocycles. The van der Waals surface area contributed by atoms with E-state index in [4.69, 9.17) is 4.74 Å². The molecule has 1 aromatic rings. The molecule has 0 fully saturated rings. The zero-order valence-electron chi connectivity index (χ0n) is 13.1. The van der Waals surface area contributed by atoms with E-state index in [0.29, 0.717) is 12.6 Å². The van der Waals surface area contributed by atoms with Gasteiger partial charge in [-0.25, -0.2) is 9.38 Å². The van der Waals surface area contributed by atoms with Crippen molar-refractivity contribution in [2.45, 2.75) is 39.8 Å². The van der Waals surface area contributed by atoms with Gasteiger partial charge < -0.3 is 15.4 Å². The van der Waals surface area contributed by atoms with E-state index in [1.165, 1.54) is 13.2 Å². The Hall–Kier alpha value is -1.05. The van der Waals surface area contributed by atoms with E-state index < -0.39 is 0 Å². The molecule has 6 heteroatoms. The Labute approximate surface area is 143 Å². The molecular formula is C15H25FIN3O. The van der Waals surface area contributed by atoms with Gasteiger partial charge in [0.25, 0.3) is 0 Å². The molecule has 4 nitrogen and oxygen atoms in total. The lowest BCUT2D eigenvalue weighted by atomic mass is 10.2. The summed E-state index contributed by atoms with van der Waals surface area (Å²) >= 11 is 0. The number of hydrogen-bond acceptors (Lipinski definition) is 2. The topological polar surface area (TPSA) is 45.7 Å². The number of benzene rings is 1. The zero-order chi connectivity index (χ0) is 15.0. The van der Waals surface area contributed by atoms with Crippen molar-refractivity contribution >= 4 is 29.9 Å². The number of nitrogens with zero attached hydrogens (tertiary/aromatic N) is 1. The van der Waals surface area contributed by atoms with Crippen LogP contribution in [0.1, 0.15) is 32.8 Å². The third-order valence-corrected chi connectivity index (χ3v) is 2.98. The van der Waals surface area contributed by atoms with Gasteiger partial charge in [0.2, 0.25) is 0 Å². The molecule has 1 atom stereocenters. The number of ether oxygens (including phenoxy) is 1. The highest BCUT2D eigenvalue weighted by Gasteiger charge is 2.05. The summed E-state index contributed by atoms with van der Waals surface area (Å²) in [4.78, 5) is 4.46. The van der Waals surface area contributed by atoms with Gasteiger partial charge in [0, 0.05) is 12.6 Å². The van der Waals surface area contributed by atoms with Gasteiger partial charge in [-0.05, 0) is 38.0 Å². The van der Waals surface area contributed by atoms with Crippen molar-refractivity contribution in [2.24, 2.45) is 4.99 Å². The lowest BCUT2D eigenvalue weighted by molar-refractivity contribution is 0.386. The van der Waals surface area contributed by atoms with Gasteiger partial charge in [-0.3, -0.25) is 0 Å². The molecule has 0 spiro atoms. The maximum absolute atomic E-state index is 13.6. The summed E-state index contributed by atoms with van der Waals surface area (Å²) in [5, 5.41) is 6.47. The fourth-order valence-electron chi connectivity index (χ4n) is 1.63. The highest BCUT2D eigenvalue weighted by molar-refractivity contribution is 14.0. The number of hydrogen-bond donors (Lipinski definition) is 2. The van der Waals surface area contributed by atoms with Gasteiger partial charge in [-0.15, -0.1) is 24.0 Å². The fraction of sp³-hybridized carbons (Fsp3) is 0.533. The molecule has 0 aliphatic heterocycles. The zero-order valence-corrected chi connectivity index (χ0v) is 15.4. The standard InChI is InChI=1S/C15H24FN3O.HI/c1-5-11(3)19-15(17-6-2)18-10-12-7-8-14(20-4)13(16)9-12;/h7-9,11H,5-6,10H2,1-4H3,(H2,17,18,19);1H. The van der Waals surface area contributed by atoms with Crippen molar-refractivity contribution in [1.82, 2.24) is 10.6 Å². The van der Waals surface area contributed by atoms with Crippen LogP contribution in [0, 0.1) is 5.82 Å². The van der Waals surface area contributed by atoms with E-state index in [1.807, 2.05) is 13.0 Å².